The number of hydrogen-bond acceptors (Lipinski definition) is 2. The number of nitrogens with one attached hydrogen (secondary N) is 2. The first-order chi connectivity index (χ1) is 11.8. The summed E-state index contributed by atoms with van der Waals surface area (Å²) in [4.78, 5) is 25.9. The molecule has 1 amide bonds. The Bertz CT molecular complexity index is 871. The van der Waals surface area contributed by atoms with Crippen LogP contribution in [0.3, 0.4) is 0 Å². The van der Waals surface area contributed by atoms with Gasteiger partial charge in [0.25, 0.3) is 11.5 Å². The zero-order valence-electron chi connectivity index (χ0n) is 13.5. The maximum atomic E-state index is 12.6. The number of fused-ring (bicyclic) bond motifs is 1. The number of halogens is 3. The number of hydrogen-bond donors (Lipinski definition) is 2. The summed E-state index contributed by atoms with van der Waals surface area (Å²) in [5.74, 6) is -0.673. The first-order valence-electron chi connectivity index (χ1n) is 7.96. The monoisotopic (exact) mass is 350 g/mol. The van der Waals surface area contributed by atoms with Crippen LogP contribution in [0.5, 0.6) is 0 Å². The van der Waals surface area contributed by atoms with Crippen molar-refractivity contribution in [3.63, 3.8) is 0 Å². The molecule has 0 aliphatic heterocycles. The average Bonchev–Trinajstić information content (AvgIpc) is 2.53. The van der Waals surface area contributed by atoms with E-state index in [1.165, 1.54) is 0 Å². The molecule has 0 saturated heterocycles. The third kappa shape index (κ3) is 3.60. The topological polar surface area (TPSA) is 62.0 Å². The van der Waals surface area contributed by atoms with Gasteiger partial charge in [0.05, 0.1) is 6.04 Å². The van der Waals surface area contributed by atoms with Crippen LogP contribution in [0.4, 0.5) is 13.2 Å². The Morgan fingerprint density at radius 2 is 2.00 bits per heavy atom. The van der Waals surface area contributed by atoms with E-state index in [1.807, 2.05) is 19.1 Å². The molecule has 0 fully saturated rings. The largest absolute Gasteiger partial charge is 0.431 e. The molecule has 1 atom stereocenters. The van der Waals surface area contributed by atoms with Crippen molar-refractivity contribution in [3.05, 3.63) is 68.6 Å². The zero-order chi connectivity index (χ0) is 18.2. The molecule has 1 heterocycles. The summed E-state index contributed by atoms with van der Waals surface area (Å²) in [5, 5.41) is 2.77. The highest BCUT2D eigenvalue weighted by Crippen LogP contribution is 2.30. The number of carbonyl (C=O) groups is 1. The summed E-state index contributed by atoms with van der Waals surface area (Å²) >= 11 is 0. The van der Waals surface area contributed by atoms with Gasteiger partial charge in [0.15, 0.2) is 0 Å². The minimum atomic E-state index is -4.66. The lowest BCUT2D eigenvalue weighted by Crippen LogP contribution is -2.35. The van der Waals surface area contributed by atoms with Crippen molar-refractivity contribution >= 4 is 5.91 Å². The van der Waals surface area contributed by atoms with Gasteiger partial charge in [-0.1, -0.05) is 23.8 Å². The van der Waals surface area contributed by atoms with Gasteiger partial charge in [0.1, 0.15) is 11.3 Å². The van der Waals surface area contributed by atoms with Crippen LogP contribution in [0.1, 0.15) is 51.6 Å². The number of pyridine rings is 1. The molecular weight excluding hydrogens is 333 g/mol. The minimum Gasteiger partial charge on any atom is -0.345 e. The fraction of sp³-hybridized carbons (Fsp3) is 0.333. The van der Waals surface area contributed by atoms with Crippen molar-refractivity contribution in [1.82, 2.24) is 10.3 Å². The Hall–Kier alpha value is -2.57. The highest BCUT2D eigenvalue weighted by Gasteiger charge is 2.32. The van der Waals surface area contributed by atoms with Gasteiger partial charge >= 0.3 is 6.18 Å². The normalized spacial score (nSPS) is 17.0. The Morgan fingerprint density at radius 3 is 2.68 bits per heavy atom. The van der Waals surface area contributed by atoms with Crippen LogP contribution in [-0.2, 0) is 12.6 Å². The Kier molecular flexibility index (Phi) is 4.41. The zero-order valence-corrected chi connectivity index (χ0v) is 13.5. The van der Waals surface area contributed by atoms with Crippen LogP contribution in [0, 0.1) is 6.92 Å². The number of aromatic nitrogens is 1. The number of benzene rings is 1. The van der Waals surface area contributed by atoms with Gasteiger partial charge in [-0.3, -0.25) is 9.59 Å². The molecule has 132 valence electrons. The van der Waals surface area contributed by atoms with Crippen LogP contribution >= 0.6 is 0 Å². The summed E-state index contributed by atoms with van der Waals surface area (Å²) in [5.41, 5.74) is 0.725. The molecule has 1 aromatic carbocycles. The summed E-state index contributed by atoms with van der Waals surface area (Å²) < 4.78 is 37.8. The van der Waals surface area contributed by atoms with Crippen LogP contribution < -0.4 is 10.9 Å². The number of rotatable bonds is 2. The molecule has 0 spiro atoms. The van der Waals surface area contributed by atoms with E-state index in [-0.39, 0.29) is 11.6 Å². The predicted molar refractivity (Wildman–Crippen MR) is 86.4 cm³/mol. The van der Waals surface area contributed by atoms with Gasteiger partial charge in [-0.05, 0) is 49.4 Å². The lowest BCUT2D eigenvalue weighted by atomic mass is 9.86. The maximum Gasteiger partial charge on any atom is 0.431 e. The lowest BCUT2D eigenvalue weighted by molar-refractivity contribution is -0.141. The van der Waals surface area contributed by atoms with Crippen molar-refractivity contribution in [2.24, 2.45) is 0 Å². The first kappa shape index (κ1) is 17.3. The summed E-state index contributed by atoms with van der Waals surface area (Å²) in [6.07, 6.45) is -2.12. The number of aryl methyl sites for hydroxylation is 2. The van der Waals surface area contributed by atoms with Crippen molar-refractivity contribution in [3.8, 4) is 0 Å². The number of alkyl halides is 3. The van der Waals surface area contributed by atoms with E-state index in [0.717, 1.165) is 42.0 Å². The van der Waals surface area contributed by atoms with E-state index in [1.54, 1.807) is 4.98 Å². The molecular formula is C18H17F3N2O2. The molecule has 2 aromatic rings. The molecule has 0 saturated carbocycles. The number of carbonyl (C=O) groups excluding carboxylic acids is 1. The Labute approximate surface area is 142 Å². The molecule has 1 aliphatic rings. The second-order valence-electron chi connectivity index (χ2n) is 6.23. The summed E-state index contributed by atoms with van der Waals surface area (Å²) in [6, 6.07) is 7.33. The molecule has 25 heavy (non-hydrogen) atoms. The van der Waals surface area contributed by atoms with E-state index in [9.17, 15) is 22.8 Å². The second kappa shape index (κ2) is 6.38. The molecule has 1 aliphatic carbocycles. The van der Waals surface area contributed by atoms with Gasteiger partial charge in [0.2, 0.25) is 0 Å². The molecule has 2 N–H and O–H groups in total. The first-order valence-corrected chi connectivity index (χ1v) is 7.96. The van der Waals surface area contributed by atoms with Gasteiger partial charge in [-0.15, -0.1) is 0 Å². The minimum absolute atomic E-state index is 0.251. The van der Waals surface area contributed by atoms with Crippen LogP contribution in [0.2, 0.25) is 0 Å². The van der Waals surface area contributed by atoms with Crippen molar-refractivity contribution in [2.75, 3.05) is 0 Å². The molecule has 0 unspecified atom stereocenters. The smallest absolute Gasteiger partial charge is 0.345 e. The molecule has 1 aromatic heterocycles. The standard InChI is InChI=1S/C18H17F3N2O2/c1-10-5-6-12-11(9-10)3-2-4-14(12)22-16(24)13-7-8-15(18(19,20)21)23-17(13)25/h5-9,14H,2-4H2,1H3,(H,22,24)(H,23,25)/t14-/m1/s1. The number of H-pyrrole nitrogens is 1. The predicted octanol–water partition coefficient (Wildman–Crippen LogP) is 3.51. The quantitative estimate of drug-likeness (QED) is 0.871. The Morgan fingerprint density at radius 1 is 1.24 bits per heavy atom. The molecule has 4 nitrogen and oxygen atoms in total. The van der Waals surface area contributed by atoms with Crippen molar-refractivity contribution < 1.29 is 18.0 Å². The van der Waals surface area contributed by atoms with Gasteiger partial charge in [0, 0.05) is 0 Å². The fourth-order valence-electron chi connectivity index (χ4n) is 3.15. The number of aromatic amines is 1. The van der Waals surface area contributed by atoms with E-state index >= 15 is 0 Å². The SMILES string of the molecule is Cc1ccc2c(c1)CCC[C@H]2NC(=O)c1ccc(C(F)(F)F)[nH]c1=O. The third-order valence-electron chi connectivity index (χ3n) is 4.38. The molecule has 0 bridgehead atoms. The fourth-order valence-corrected chi connectivity index (χ4v) is 3.15. The van der Waals surface area contributed by atoms with Crippen molar-refractivity contribution in [2.45, 2.75) is 38.4 Å². The summed E-state index contributed by atoms with van der Waals surface area (Å²) in [6.45, 7) is 1.99. The molecule has 7 heteroatoms. The second-order valence-corrected chi connectivity index (χ2v) is 6.23. The van der Waals surface area contributed by atoms with Gasteiger partial charge in [-0.25, -0.2) is 0 Å². The highest BCUT2D eigenvalue weighted by molar-refractivity contribution is 5.94. The third-order valence-corrected chi connectivity index (χ3v) is 4.38. The molecule has 3 rings (SSSR count). The Balaban J connectivity index is 1.84. The van der Waals surface area contributed by atoms with E-state index in [0.29, 0.717) is 6.07 Å². The number of amides is 1. The van der Waals surface area contributed by atoms with E-state index < -0.39 is 23.3 Å². The van der Waals surface area contributed by atoms with Gasteiger partial charge in [-0.2, -0.15) is 13.2 Å². The average molecular weight is 350 g/mol. The maximum absolute atomic E-state index is 12.6. The van der Waals surface area contributed by atoms with Gasteiger partial charge < -0.3 is 10.3 Å². The van der Waals surface area contributed by atoms with Crippen molar-refractivity contribution in [1.29, 1.82) is 0 Å². The van der Waals surface area contributed by atoms with Crippen LogP contribution in [-0.4, -0.2) is 10.9 Å². The van der Waals surface area contributed by atoms with Crippen LogP contribution in [0.15, 0.2) is 35.1 Å². The highest BCUT2D eigenvalue weighted by atomic mass is 19.4. The summed E-state index contributed by atoms with van der Waals surface area (Å²) in [7, 11) is 0. The lowest BCUT2D eigenvalue weighted by Gasteiger charge is -2.26. The molecule has 0 radical (unpaired) electrons. The van der Waals surface area contributed by atoms with E-state index in [4.69, 9.17) is 0 Å². The van der Waals surface area contributed by atoms with Crippen LogP contribution in [0.25, 0.3) is 0 Å². The van der Waals surface area contributed by atoms with E-state index in [2.05, 4.69) is 11.4 Å².